The number of aromatic nitrogens is 6. The van der Waals surface area contributed by atoms with Crippen LogP contribution in [0, 0.1) is 0 Å². The van der Waals surface area contributed by atoms with Crippen molar-refractivity contribution in [2.24, 2.45) is 5.73 Å². The van der Waals surface area contributed by atoms with Gasteiger partial charge in [-0.2, -0.15) is 5.10 Å². The average Bonchev–Trinajstić information content (AvgIpc) is 3.43. The molecule has 9 nitrogen and oxygen atoms in total. The van der Waals surface area contributed by atoms with Crippen LogP contribution in [0.1, 0.15) is 0 Å². The Hall–Kier alpha value is -3.92. The number of nitrogens with two attached hydrogens (primary N) is 1. The van der Waals surface area contributed by atoms with E-state index in [1.807, 2.05) is 30.3 Å². The maximum Gasteiger partial charge on any atom is 0.351 e. The lowest BCUT2D eigenvalue weighted by molar-refractivity contribution is 0.308. The van der Waals surface area contributed by atoms with Gasteiger partial charge in [-0.3, -0.25) is 0 Å². The molecule has 3 heterocycles. The van der Waals surface area contributed by atoms with Gasteiger partial charge in [0, 0.05) is 17.7 Å². The first-order valence-electron chi connectivity index (χ1n) is 8.68. The molecule has 0 saturated carbocycles. The zero-order chi connectivity index (χ0) is 20.2. The van der Waals surface area contributed by atoms with Gasteiger partial charge >= 0.3 is 5.69 Å². The minimum atomic E-state index is -0.440. The second kappa shape index (κ2) is 7.98. The number of rotatable bonds is 6. The standard InChI is InChI=1S/C19H16FN7O2/c20-8-13(9-21)11-27-19(28)26(12-22-27)18-6-2-5-16(24-18)14-3-1-4-15(7-14)17-10-23-29-25-17/h1-8,10,12H,9,11,21H2/b13-8+. The first-order valence-corrected chi connectivity index (χ1v) is 8.68. The Bertz CT molecular complexity index is 1210. The molecule has 3 aromatic heterocycles. The smallest absolute Gasteiger partial charge is 0.327 e. The lowest BCUT2D eigenvalue weighted by atomic mass is 10.1. The van der Waals surface area contributed by atoms with Crippen molar-refractivity contribution in [2.75, 3.05) is 6.54 Å². The SMILES string of the molecule is NC/C(=C\F)Cn1ncn(-c2cccc(-c3cccc(-c4cnon4)c3)n2)c1=O. The van der Waals surface area contributed by atoms with Crippen LogP contribution in [-0.4, -0.2) is 36.2 Å². The Kier molecular flexibility index (Phi) is 5.08. The van der Waals surface area contributed by atoms with Gasteiger partial charge in [0.25, 0.3) is 0 Å². The molecule has 10 heteroatoms. The van der Waals surface area contributed by atoms with Crippen LogP contribution in [0.25, 0.3) is 28.3 Å². The van der Waals surface area contributed by atoms with E-state index in [1.165, 1.54) is 17.1 Å². The van der Waals surface area contributed by atoms with Crippen LogP contribution in [0.2, 0.25) is 0 Å². The van der Waals surface area contributed by atoms with E-state index in [0.717, 1.165) is 15.8 Å². The molecule has 0 saturated heterocycles. The predicted octanol–water partition coefficient (Wildman–Crippen LogP) is 1.96. The van der Waals surface area contributed by atoms with Crippen molar-refractivity contribution >= 4 is 0 Å². The fourth-order valence-corrected chi connectivity index (χ4v) is 2.79. The van der Waals surface area contributed by atoms with Crippen LogP contribution < -0.4 is 11.4 Å². The van der Waals surface area contributed by atoms with Crippen LogP contribution in [0.3, 0.4) is 0 Å². The highest BCUT2D eigenvalue weighted by Crippen LogP contribution is 2.24. The second-order valence-corrected chi connectivity index (χ2v) is 6.17. The summed E-state index contributed by atoms with van der Waals surface area (Å²) in [5, 5.41) is 11.5. The van der Waals surface area contributed by atoms with E-state index >= 15 is 0 Å². The van der Waals surface area contributed by atoms with Crippen molar-refractivity contribution in [1.29, 1.82) is 0 Å². The van der Waals surface area contributed by atoms with E-state index < -0.39 is 5.69 Å². The predicted molar refractivity (Wildman–Crippen MR) is 103 cm³/mol. The summed E-state index contributed by atoms with van der Waals surface area (Å²) in [6, 6.07) is 12.9. The van der Waals surface area contributed by atoms with Crippen molar-refractivity contribution in [2.45, 2.75) is 6.54 Å². The monoisotopic (exact) mass is 393 g/mol. The fourth-order valence-electron chi connectivity index (χ4n) is 2.79. The van der Waals surface area contributed by atoms with Gasteiger partial charge in [0.1, 0.15) is 17.8 Å². The fraction of sp³-hybridized carbons (Fsp3) is 0.105. The van der Waals surface area contributed by atoms with Crippen LogP contribution in [-0.2, 0) is 6.54 Å². The van der Waals surface area contributed by atoms with Gasteiger partial charge in [-0.05, 0) is 28.9 Å². The maximum atomic E-state index is 12.8. The summed E-state index contributed by atoms with van der Waals surface area (Å²) in [5.74, 6) is 0.394. The largest absolute Gasteiger partial charge is 0.351 e. The molecule has 0 aliphatic rings. The molecule has 0 spiro atoms. The summed E-state index contributed by atoms with van der Waals surface area (Å²) in [6.45, 7) is -0.0206. The molecule has 29 heavy (non-hydrogen) atoms. The van der Waals surface area contributed by atoms with Gasteiger partial charge in [0.15, 0.2) is 0 Å². The molecule has 2 N–H and O–H groups in total. The molecule has 0 bridgehead atoms. The van der Waals surface area contributed by atoms with Crippen LogP contribution in [0.15, 0.2) is 76.3 Å². The summed E-state index contributed by atoms with van der Waals surface area (Å²) in [5.41, 5.74) is 8.19. The van der Waals surface area contributed by atoms with Gasteiger partial charge in [-0.15, -0.1) is 0 Å². The maximum absolute atomic E-state index is 12.8. The average molecular weight is 393 g/mol. The topological polar surface area (TPSA) is 118 Å². The number of hydrogen-bond donors (Lipinski definition) is 1. The van der Waals surface area contributed by atoms with E-state index in [2.05, 4.69) is 25.0 Å². The molecule has 0 aliphatic heterocycles. The minimum Gasteiger partial charge on any atom is -0.327 e. The molecule has 146 valence electrons. The third-order valence-corrected chi connectivity index (χ3v) is 4.30. The quantitative estimate of drug-likeness (QED) is 0.532. The second-order valence-electron chi connectivity index (χ2n) is 6.17. The van der Waals surface area contributed by atoms with Gasteiger partial charge < -0.3 is 5.73 Å². The molecule has 0 aliphatic carbocycles. The van der Waals surface area contributed by atoms with Crippen molar-refractivity contribution in [3.8, 4) is 28.3 Å². The normalized spacial score (nSPS) is 11.7. The Morgan fingerprint density at radius 2 is 1.97 bits per heavy atom. The van der Waals surface area contributed by atoms with Crippen LogP contribution in [0.5, 0.6) is 0 Å². The lowest BCUT2D eigenvalue weighted by Gasteiger charge is -2.06. The molecule has 4 rings (SSSR count). The van der Waals surface area contributed by atoms with Crippen LogP contribution in [0.4, 0.5) is 4.39 Å². The van der Waals surface area contributed by atoms with E-state index in [4.69, 9.17) is 5.73 Å². The number of hydrogen-bond acceptors (Lipinski definition) is 7. The van der Waals surface area contributed by atoms with Gasteiger partial charge in [-0.25, -0.2) is 28.0 Å². The molecule has 0 fully saturated rings. The third kappa shape index (κ3) is 3.73. The Morgan fingerprint density at radius 1 is 1.17 bits per heavy atom. The Morgan fingerprint density at radius 3 is 2.69 bits per heavy atom. The Balaban J connectivity index is 1.68. The molecular weight excluding hydrogens is 377 g/mol. The molecule has 1 aromatic carbocycles. The lowest BCUT2D eigenvalue weighted by Crippen LogP contribution is -2.26. The van der Waals surface area contributed by atoms with E-state index in [9.17, 15) is 9.18 Å². The van der Waals surface area contributed by atoms with Crippen molar-refractivity contribution in [1.82, 2.24) is 29.6 Å². The molecule has 0 unspecified atom stereocenters. The third-order valence-electron chi connectivity index (χ3n) is 4.30. The first-order chi connectivity index (χ1) is 14.2. The molecule has 4 aromatic rings. The Labute approximate surface area is 163 Å². The molecule has 0 atom stereocenters. The summed E-state index contributed by atoms with van der Waals surface area (Å²) in [4.78, 5) is 17.2. The van der Waals surface area contributed by atoms with E-state index in [1.54, 1.807) is 12.1 Å². The zero-order valence-electron chi connectivity index (χ0n) is 15.1. The molecular formula is C19H16FN7O2. The van der Waals surface area contributed by atoms with Gasteiger partial charge in [-0.1, -0.05) is 29.4 Å². The van der Waals surface area contributed by atoms with E-state index in [0.29, 0.717) is 23.5 Å². The zero-order valence-corrected chi connectivity index (χ0v) is 15.1. The first kappa shape index (κ1) is 18.4. The summed E-state index contributed by atoms with van der Waals surface area (Å²) < 4.78 is 19.8. The summed E-state index contributed by atoms with van der Waals surface area (Å²) in [6.07, 6.45) is 3.26. The van der Waals surface area contributed by atoms with Crippen molar-refractivity contribution in [3.63, 3.8) is 0 Å². The van der Waals surface area contributed by atoms with Gasteiger partial charge in [0.2, 0.25) is 0 Å². The van der Waals surface area contributed by atoms with Crippen LogP contribution >= 0.6 is 0 Å². The van der Waals surface area contributed by atoms with Crippen molar-refractivity contribution < 1.29 is 9.02 Å². The van der Waals surface area contributed by atoms with Crippen molar-refractivity contribution in [3.05, 3.63) is 77.4 Å². The number of benzene rings is 1. The molecule has 0 amide bonds. The minimum absolute atomic E-state index is 0.000909. The number of nitrogens with zero attached hydrogens (tertiary/aromatic N) is 6. The number of pyridine rings is 1. The summed E-state index contributed by atoms with van der Waals surface area (Å²) >= 11 is 0. The summed E-state index contributed by atoms with van der Waals surface area (Å²) in [7, 11) is 0. The highest BCUT2D eigenvalue weighted by Gasteiger charge is 2.11. The number of halogens is 1. The highest BCUT2D eigenvalue weighted by atomic mass is 19.1. The van der Waals surface area contributed by atoms with E-state index in [-0.39, 0.29) is 18.7 Å². The molecule has 0 radical (unpaired) electrons. The highest BCUT2D eigenvalue weighted by molar-refractivity contribution is 5.69. The van der Waals surface area contributed by atoms with Gasteiger partial charge in [0.05, 0.1) is 24.8 Å².